The highest BCUT2D eigenvalue weighted by atomic mass is 35.5. The second-order valence-electron chi connectivity index (χ2n) is 9.97. The molecule has 3 amide bonds. The normalized spacial score (nSPS) is 17.0. The van der Waals surface area contributed by atoms with Gasteiger partial charge >= 0.3 is 6.18 Å². The first-order chi connectivity index (χ1) is 18.4. The number of anilines is 2. The van der Waals surface area contributed by atoms with E-state index in [1.165, 1.54) is 12.1 Å². The van der Waals surface area contributed by atoms with Gasteiger partial charge in [0.05, 0.1) is 27.1 Å². The van der Waals surface area contributed by atoms with Gasteiger partial charge in [0.1, 0.15) is 12.6 Å². The van der Waals surface area contributed by atoms with Gasteiger partial charge in [-0.25, -0.2) is 0 Å². The molecule has 1 aromatic heterocycles. The van der Waals surface area contributed by atoms with Crippen LogP contribution >= 0.6 is 22.9 Å². The molecule has 0 spiro atoms. The number of halogens is 4. The number of carbonyl (C=O) groups excluding carboxylic acids is 3. The Bertz CT molecular complexity index is 1220. The van der Waals surface area contributed by atoms with E-state index < -0.39 is 29.6 Å². The fourth-order valence-electron chi connectivity index (χ4n) is 4.51. The zero-order chi connectivity index (χ0) is 28.3. The van der Waals surface area contributed by atoms with Gasteiger partial charge in [-0.15, -0.1) is 11.3 Å². The summed E-state index contributed by atoms with van der Waals surface area (Å²) in [6, 6.07) is 5.90. The van der Waals surface area contributed by atoms with Crippen molar-refractivity contribution in [2.45, 2.75) is 44.9 Å². The highest BCUT2D eigenvalue weighted by Crippen LogP contribution is 2.39. The molecule has 2 fully saturated rings. The van der Waals surface area contributed by atoms with Crippen molar-refractivity contribution < 1.29 is 32.3 Å². The van der Waals surface area contributed by atoms with Crippen molar-refractivity contribution in [1.82, 2.24) is 10.2 Å². The van der Waals surface area contributed by atoms with Crippen molar-refractivity contribution in [1.29, 1.82) is 0 Å². The predicted octanol–water partition coefficient (Wildman–Crippen LogP) is 4.64. The van der Waals surface area contributed by atoms with Crippen LogP contribution in [0, 0.1) is 5.92 Å². The molecule has 1 aromatic carbocycles. The van der Waals surface area contributed by atoms with Crippen LogP contribution in [-0.2, 0) is 20.5 Å². The highest BCUT2D eigenvalue weighted by molar-refractivity contribution is 7.18. The van der Waals surface area contributed by atoms with Crippen LogP contribution in [0.1, 0.15) is 41.9 Å². The van der Waals surface area contributed by atoms with Crippen molar-refractivity contribution in [2.24, 2.45) is 5.92 Å². The van der Waals surface area contributed by atoms with Gasteiger partial charge < -0.3 is 20.3 Å². The number of amides is 3. The minimum Gasteiger partial charge on any atom is -0.370 e. The molecule has 0 bridgehead atoms. The first-order valence-corrected chi connectivity index (χ1v) is 13.8. The molecule has 8 nitrogen and oxygen atoms in total. The molecule has 13 heteroatoms. The van der Waals surface area contributed by atoms with E-state index in [9.17, 15) is 27.6 Å². The topological polar surface area (TPSA) is 91.0 Å². The number of carbonyl (C=O) groups is 3. The summed E-state index contributed by atoms with van der Waals surface area (Å²) in [6.45, 7) is 4.39. The molecular weight excluding hydrogens is 557 g/mol. The van der Waals surface area contributed by atoms with E-state index >= 15 is 0 Å². The van der Waals surface area contributed by atoms with Gasteiger partial charge in [0.15, 0.2) is 0 Å². The van der Waals surface area contributed by atoms with E-state index in [1.54, 1.807) is 12.1 Å². The van der Waals surface area contributed by atoms with Crippen LogP contribution in [0.25, 0.3) is 0 Å². The minimum absolute atomic E-state index is 0.00358. The number of hydrogen-bond acceptors (Lipinski definition) is 6. The molecule has 0 radical (unpaired) electrons. The second kappa shape index (κ2) is 12.2. The summed E-state index contributed by atoms with van der Waals surface area (Å²) in [4.78, 5) is 41.9. The van der Waals surface area contributed by atoms with Gasteiger partial charge in [0.25, 0.3) is 11.8 Å². The van der Waals surface area contributed by atoms with Crippen molar-refractivity contribution in [3.05, 3.63) is 45.1 Å². The maximum Gasteiger partial charge on any atom is 0.418 e. The molecule has 212 valence electrons. The van der Waals surface area contributed by atoms with Gasteiger partial charge in [-0.05, 0) is 49.1 Å². The summed E-state index contributed by atoms with van der Waals surface area (Å²) >= 11 is 7.05. The molecule has 1 saturated heterocycles. The fourth-order valence-corrected chi connectivity index (χ4v) is 5.47. The van der Waals surface area contributed by atoms with E-state index in [0.29, 0.717) is 15.8 Å². The number of ether oxygens (including phenoxy) is 1. The quantitative estimate of drug-likeness (QED) is 0.423. The van der Waals surface area contributed by atoms with Crippen LogP contribution in [0.15, 0.2) is 30.3 Å². The van der Waals surface area contributed by atoms with E-state index in [0.717, 1.165) is 35.1 Å². The monoisotopic (exact) mass is 586 g/mol. The minimum atomic E-state index is -4.76. The zero-order valence-electron chi connectivity index (χ0n) is 21.5. The molecule has 2 aromatic rings. The van der Waals surface area contributed by atoms with Crippen LogP contribution in [-0.4, -0.2) is 67.6 Å². The molecule has 1 aliphatic carbocycles. The Morgan fingerprint density at radius 1 is 1.23 bits per heavy atom. The Labute approximate surface area is 233 Å². The molecule has 0 unspecified atom stereocenters. The van der Waals surface area contributed by atoms with E-state index in [2.05, 4.69) is 10.6 Å². The number of nitrogens with zero attached hydrogens (tertiary/aromatic N) is 2. The van der Waals surface area contributed by atoms with Gasteiger partial charge in [-0.1, -0.05) is 25.4 Å². The Hall–Kier alpha value is -2.67. The first-order valence-electron chi connectivity index (χ1n) is 12.6. The Morgan fingerprint density at radius 3 is 2.56 bits per heavy atom. The van der Waals surface area contributed by atoms with Crippen LogP contribution in [0.2, 0.25) is 4.34 Å². The molecule has 4 rings (SSSR count). The lowest BCUT2D eigenvalue weighted by Gasteiger charge is -2.32. The van der Waals surface area contributed by atoms with Gasteiger partial charge in [-0.2, -0.15) is 13.2 Å². The Morgan fingerprint density at radius 2 is 1.97 bits per heavy atom. The molecule has 39 heavy (non-hydrogen) atoms. The van der Waals surface area contributed by atoms with Gasteiger partial charge in [0, 0.05) is 31.4 Å². The summed E-state index contributed by atoms with van der Waals surface area (Å²) in [5.74, 6) is -1.27. The number of thiophene rings is 1. The zero-order valence-corrected chi connectivity index (χ0v) is 23.1. The molecule has 1 saturated carbocycles. The van der Waals surface area contributed by atoms with E-state index in [1.807, 2.05) is 18.7 Å². The maximum atomic E-state index is 14.0. The smallest absolute Gasteiger partial charge is 0.370 e. The second-order valence-corrected chi connectivity index (χ2v) is 11.7. The summed E-state index contributed by atoms with van der Waals surface area (Å²) in [6.07, 6.45) is -2.97. The number of nitrogens with one attached hydrogen (secondary N) is 2. The molecule has 1 aliphatic heterocycles. The average Bonchev–Trinajstić information content (AvgIpc) is 3.62. The number of benzene rings is 1. The van der Waals surface area contributed by atoms with Gasteiger partial charge in [0.2, 0.25) is 5.91 Å². The Balaban J connectivity index is 1.57. The number of rotatable bonds is 10. The van der Waals surface area contributed by atoms with Crippen LogP contribution in [0.4, 0.5) is 24.5 Å². The van der Waals surface area contributed by atoms with Crippen LogP contribution in [0.5, 0.6) is 0 Å². The molecular formula is C26H30ClF3N4O4S. The Kier molecular flexibility index (Phi) is 9.20. The van der Waals surface area contributed by atoms with Crippen molar-refractivity contribution in [3.63, 3.8) is 0 Å². The summed E-state index contributed by atoms with van der Waals surface area (Å²) in [5.41, 5.74) is -1.37. The average molecular weight is 587 g/mol. The number of hydrogen-bond donors (Lipinski definition) is 2. The summed E-state index contributed by atoms with van der Waals surface area (Å²) in [7, 11) is 0. The third kappa shape index (κ3) is 7.50. The fraction of sp³-hybridized carbons (Fsp3) is 0.500. The largest absolute Gasteiger partial charge is 0.418 e. The van der Waals surface area contributed by atoms with Crippen molar-refractivity contribution in [2.75, 3.05) is 43.1 Å². The first kappa shape index (κ1) is 29.3. The lowest BCUT2D eigenvalue weighted by atomic mass is 10.1. The van der Waals surface area contributed by atoms with Crippen LogP contribution < -0.4 is 15.5 Å². The van der Waals surface area contributed by atoms with Crippen molar-refractivity contribution >= 4 is 52.0 Å². The summed E-state index contributed by atoms with van der Waals surface area (Å²) in [5, 5.41) is 5.40. The molecule has 2 aliphatic rings. The predicted molar refractivity (Wildman–Crippen MR) is 143 cm³/mol. The number of alkyl halides is 3. The standard InChI is InChI=1S/C26H30ClF3N4O4S/c1-15(2)13-34(17-4-5-17)20(12-31-25(37)21-7-8-22(27)39-21)24(36)32-16-3-6-19(18(11-16)26(28,29)30)33-9-10-38-14-23(33)35/h3,6-8,11,15,17,20H,4-5,9-10,12-14H2,1-2H3,(H,31,37)(H,32,36)/t20-/m1/s1. The lowest BCUT2D eigenvalue weighted by molar-refractivity contribution is -0.137. The van der Waals surface area contributed by atoms with E-state index in [-0.39, 0.29) is 55.5 Å². The molecule has 2 N–H and O–H groups in total. The molecule has 1 atom stereocenters. The third-order valence-corrected chi connectivity index (χ3v) is 7.62. The maximum absolute atomic E-state index is 14.0. The molecule has 2 heterocycles. The van der Waals surface area contributed by atoms with E-state index in [4.69, 9.17) is 16.3 Å². The van der Waals surface area contributed by atoms with Gasteiger partial charge in [-0.3, -0.25) is 19.3 Å². The van der Waals surface area contributed by atoms with Crippen molar-refractivity contribution in [3.8, 4) is 0 Å². The lowest BCUT2D eigenvalue weighted by Crippen LogP contribution is -2.52. The van der Waals surface area contributed by atoms with Crippen LogP contribution in [0.3, 0.4) is 0 Å². The SMILES string of the molecule is CC(C)CN(C1CC1)[C@H](CNC(=O)c1ccc(Cl)s1)C(=O)Nc1ccc(N2CCOCC2=O)c(C(F)(F)F)c1. The highest BCUT2D eigenvalue weighted by Gasteiger charge is 2.39. The summed E-state index contributed by atoms with van der Waals surface area (Å²) < 4.78 is 47.5. The third-order valence-electron chi connectivity index (χ3n) is 6.39. The number of morpholine rings is 1.